The van der Waals surface area contributed by atoms with E-state index in [0.29, 0.717) is 0 Å². The van der Waals surface area contributed by atoms with Crippen LogP contribution in [0.2, 0.25) is 0 Å². The summed E-state index contributed by atoms with van der Waals surface area (Å²) in [6, 6.07) is 0. The van der Waals surface area contributed by atoms with Gasteiger partial charge in [-0.15, -0.1) is 0 Å². The molecule has 0 aromatic carbocycles. The van der Waals surface area contributed by atoms with Crippen molar-refractivity contribution in [1.29, 1.82) is 0 Å². The lowest BCUT2D eigenvalue weighted by Gasteiger charge is -2.14. The maximum Gasteiger partial charge on any atom is 0.0431 e. The molecule has 0 radical (unpaired) electrons. The molecule has 0 aromatic rings. The van der Waals surface area contributed by atoms with Crippen LogP contribution in [0, 0.1) is 0 Å². The SMILES string of the molecule is C=C/C=C\C1=C(/N=C/C)CCCC1. The zero-order chi connectivity index (χ0) is 9.52. The highest BCUT2D eigenvalue weighted by Gasteiger charge is 2.08. The standard InChI is InChI=1S/C12H17N/c1-3-5-8-11-9-6-7-10-12(11)13-4-2/h3-5,8H,1,6-7,9-10H2,2H3/b8-5-,13-4+. The topological polar surface area (TPSA) is 12.4 Å². The van der Waals surface area contributed by atoms with E-state index in [1.165, 1.54) is 24.1 Å². The molecule has 0 aliphatic heterocycles. The molecular weight excluding hydrogens is 158 g/mol. The van der Waals surface area contributed by atoms with Crippen LogP contribution < -0.4 is 0 Å². The van der Waals surface area contributed by atoms with Gasteiger partial charge in [-0.25, -0.2) is 0 Å². The van der Waals surface area contributed by atoms with E-state index in [-0.39, 0.29) is 0 Å². The highest BCUT2D eigenvalue weighted by Crippen LogP contribution is 2.26. The number of aliphatic imine (C=N–C) groups is 1. The first kappa shape index (κ1) is 9.97. The van der Waals surface area contributed by atoms with Crippen molar-refractivity contribution in [3.8, 4) is 0 Å². The Balaban J connectivity index is 2.82. The Hall–Kier alpha value is -1.11. The van der Waals surface area contributed by atoms with Crippen LogP contribution in [0.1, 0.15) is 32.6 Å². The molecule has 13 heavy (non-hydrogen) atoms. The quantitative estimate of drug-likeness (QED) is 0.458. The number of allylic oxidation sites excluding steroid dienone is 5. The Labute approximate surface area is 80.6 Å². The second kappa shape index (κ2) is 5.52. The van der Waals surface area contributed by atoms with Gasteiger partial charge in [0, 0.05) is 11.9 Å². The molecule has 0 amide bonds. The van der Waals surface area contributed by atoms with Crippen LogP contribution in [-0.4, -0.2) is 6.21 Å². The van der Waals surface area contributed by atoms with Crippen molar-refractivity contribution in [3.63, 3.8) is 0 Å². The summed E-state index contributed by atoms with van der Waals surface area (Å²) in [4.78, 5) is 4.39. The third-order valence-electron chi connectivity index (χ3n) is 2.20. The van der Waals surface area contributed by atoms with E-state index in [1.807, 2.05) is 25.3 Å². The summed E-state index contributed by atoms with van der Waals surface area (Å²) in [6.45, 7) is 5.64. The van der Waals surface area contributed by atoms with E-state index < -0.39 is 0 Å². The fraction of sp³-hybridized carbons (Fsp3) is 0.417. The van der Waals surface area contributed by atoms with Crippen molar-refractivity contribution in [3.05, 3.63) is 36.1 Å². The predicted octanol–water partition coefficient (Wildman–Crippen LogP) is 3.65. The molecule has 1 aliphatic rings. The summed E-state index contributed by atoms with van der Waals surface area (Å²) in [5.41, 5.74) is 2.64. The van der Waals surface area contributed by atoms with Gasteiger partial charge in [-0.05, 0) is 38.2 Å². The minimum atomic E-state index is 1.13. The minimum Gasteiger partial charge on any atom is -0.266 e. The van der Waals surface area contributed by atoms with Gasteiger partial charge in [0.15, 0.2) is 0 Å². The lowest BCUT2D eigenvalue weighted by Crippen LogP contribution is -1.96. The van der Waals surface area contributed by atoms with Crippen molar-refractivity contribution < 1.29 is 0 Å². The molecule has 0 aromatic heterocycles. The Bertz CT molecular complexity index is 256. The van der Waals surface area contributed by atoms with Gasteiger partial charge in [-0.3, -0.25) is 4.99 Å². The van der Waals surface area contributed by atoms with Gasteiger partial charge in [-0.1, -0.05) is 24.8 Å². The number of hydrogen-bond donors (Lipinski definition) is 0. The third-order valence-corrected chi connectivity index (χ3v) is 2.20. The average molecular weight is 175 g/mol. The molecule has 1 nitrogen and oxygen atoms in total. The average Bonchev–Trinajstić information content (AvgIpc) is 2.17. The predicted molar refractivity (Wildman–Crippen MR) is 59.0 cm³/mol. The normalized spacial score (nSPS) is 18.8. The van der Waals surface area contributed by atoms with E-state index in [4.69, 9.17) is 0 Å². The van der Waals surface area contributed by atoms with Crippen LogP contribution in [0.5, 0.6) is 0 Å². The smallest absolute Gasteiger partial charge is 0.0431 e. The van der Waals surface area contributed by atoms with Crippen molar-refractivity contribution in [1.82, 2.24) is 0 Å². The third kappa shape index (κ3) is 3.02. The summed E-state index contributed by atoms with van der Waals surface area (Å²) in [7, 11) is 0. The first-order chi connectivity index (χ1) is 6.38. The molecule has 0 atom stereocenters. The van der Waals surface area contributed by atoms with Gasteiger partial charge in [0.1, 0.15) is 0 Å². The Morgan fingerprint density at radius 1 is 1.31 bits per heavy atom. The number of nitrogens with zero attached hydrogens (tertiary/aromatic N) is 1. The molecule has 0 heterocycles. The highest BCUT2D eigenvalue weighted by atomic mass is 14.7. The lowest BCUT2D eigenvalue weighted by atomic mass is 9.96. The zero-order valence-electron chi connectivity index (χ0n) is 8.29. The van der Waals surface area contributed by atoms with Crippen LogP contribution >= 0.6 is 0 Å². The molecule has 1 heteroatoms. The lowest BCUT2D eigenvalue weighted by molar-refractivity contribution is 0.678. The van der Waals surface area contributed by atoms with E-state index in [2.05, 4.69) is 17.6 Å². The summed E-state index contributed by atoms with van der Waals surface area (Å²) < 4.78 is 0. The van der Waals surface area contributed by atoms with E-state index in [9.17, 15) is 0 Å². The van der Waals surface area contributed by atoms with Crippen LogP contribution in [0.15, 0.2) is 41.1 Å². The van der Waals surface area contributed by atoms with Crippen molar-refractivity contribution in [2.75, 3.05) is 0 Å². The minimum absolute atomic E-state index is 1.13. The molecule has 0 bridgehead atoms. The summed E-state index contributed by atoms with van der Waals surface area (Å²) in [5, 5.41) is 0. The molecule has 1 aliphatic carbocycles. The molecule has 0 unspecified atom stereocenters. The Morgan fingerprint density at radius 2 is 2.08 bits per heavy atom. The van der Waals surface area contributed by atoms with Gasteiger partial charge in [0.05, 0.1) is 0 Å². The van der Waals surface area contributed by atoms with E-state index in [0.717, 1.165) is 12.8 Å². The summed E-state index contributed by atoms with van der Waals surface area (Å²) in [6.07, 6.45) is 12.7. The highest BCUT2D eigenvalue weighted by molar-refractivity contribution is 5.56. The van der Waals surface area contributed by atoms with Gasteiger partial charge in [0.25, 0.3) is 0 Å². The molecule has 0 saturated heterocycles. The van der Waals surface area contributed by atoms with E-state index in [1.54, 1.807) is 0 Å². The summed E-state index contributed by atoms with van der Waals surface area (Å²) >= 11 is 0. The molecule has 0 saturated carbocycles. The molecule has 0 spiro atoms. The molecule has 70 valence electrons. The fourth-order valence-electron chi connectivity index (χ4n) is 1.58. The van der Waals surface area contributed by atoms with E-state index >= 15 is 0 Å². The van der Waals surface area contributed by atoms with Crippen LogP contribution in [0.25, 0.3) is 0 Å². The fourth-order valence-corrected chi connectivity index (χ4v) is 1.58. The van der Waals surface area contributed by atoms with Gasteiger partial charge in [0.2, 0.25) is 0 Å². The second-order valence-electron chi connectivity index (χ2n) is 3.16. The molecule has 0 N–H and O–H groups in total. The van der Waals surface area contributed by atoms with Crippen LogP contribution in [0.4, 0.5) is 0 Å². The monoisotopic (exact) mass is 175 g/mol. The number of rotatable bonds is 3. The Kier molecular flexibility index (Phi) is 4.24. The van der Waals surface area contributed by atoms with Gasteiger partial charge in [-0.2, -0.15) is 0 Å². The maximum atomic E-state index is 4.39. The van der Waals surface area contributed by atoms with Gasteiger partial charge >= 0.3 is 0 Å². The second-order valence-corrected chi connectivity index (χ2v) is 3.16. The maximum absolute atomic E-state index is 4.39. The molecule has 1 rings (SSSR count). The van der Waals surface area contributed by atoms with Crippen molar-refractivity contribution in [2.45, 2.75) is 32.6 Å². The summed E-state index contributed by atoms with van der Waals surface area (Å²) in [5.74, 6) is 0. The van der Waals surface area contributed by atoms with Gasteiger partial charge < -0.3 is 0 Å². The molecule has 0 fully saturated rings. The first-order valence-electron chi connectivity index (χ1n) is 4.88. The van der Waals surface area contributed by atoms with Crippen LogP contribution in [-0.2, 0) is 0 Å². The Morgan fingerprint density at radius 3 is 2.77 bits per heavy atom. The first-order valence-corrected chi connectivity index (χ1v) is 4.88. The number of hydrogen-bond acceptors (Lipinski definition) is 1. The van der Waals surface area contributed by atoms with Crippen LogP contribution in [0.3, 0.4) is 0 Å². The largest absolute Gasteiger partial charge is 0.266 e. The molecular formula is C12H17N. The zero-order valence-corrected chi connectivity index (χ0v) is 8.29. The van der Waals surface area contributed by atoms with Crippen molar-refractivity contribution >= 4 is 6.21 Å². The van der Waals surface area contributed by atoms with Crippen molar-refractivity contribution in [2.24, 2.45) is 4.99 Å².